The van der Waals surface area contributed by atoms with E-state index in [1.807, 2.05) is 36.4 Å². The third-order valence-electron chi connectivity index (χ3n) is 5.05. The summed E-state index contributed by atoms with van der Waals surface area (Å²) in [7, 11) is 3.19. The highest BCUT2D eigenvalue weighted by Gasteiger charge is 2.28. The highest BCUT2D eigenvalue weighted by molar-refractivity contribution is 5.91. The topological polar surface area (TPSA) is 79.9 Å². The Morgan fingerprint density at radius 3 is 2.55 bits per heavy atom. The van der Waals surface area contributed by atoms with Crippen molar-refractivity contribution in [2.24, 2.45) is 5.92 Å². The first-order chi connectivity index (χ1) is 14.1. The van der Waals surface area contributed by atoms with E-state index >= 15 is 0 Å². The molecule has 2 N–H and O–H groups in total. The van der Waals surface area contributed by atoms with E-state index < -0.39 is 0 Å². The van der Waals surface area contributed by atoms with Crippen molar-refractivity contribution in [3.8, 4) is 11.5 Å². The largest absolute Gasteiger partial charge is 0.497 e. The molecule has 29 heavy (non-hydrogen) atoms. The van der Waals surface area contributed by atoms with Crippen LogP contribution < -0.4 is 20.1 Å². The molecule has 0 radical (unpaired) electrons. The van der Waals surface area contributed by atoms with Gasteiger partial charge in [0.2, 0.25) is 5.91 Å². The maximum Gasteiger partial charge on any atom is 0.321 e. The molecule has 3 amide bonds. The number of methoxy groups -OCH3 is 2. The van der Waals surface area contributed by atoms with Crippen molar-refractivity contribution in [1.29, 1.82) is 0 Å². The highest BCUT2D eigenvalue weighted by atomic mass is 16.5. The Labute approximate surface area is 171 Å². The van der Waals surface area contributed by atoms with Crippen LogP contribution in [0, 0.1) is 5.92 Å². The molecule has 2 aromatic carbocycles. The summed E-state index contributed by atoms with van der Waals surface area (Å²) in [6.45, 7) is 1.48. The van der Waals surface area contributed by atoms with Gasteiger partial charge < -0.3 is 25.0 Å². The van der Waals surface area contributed by atoms with Gasteiger partial charge in [0.1, 0.15) is 11.5 Å². The van der Waals surface area contributed by atoms with E-state index in [4.69, 9.17) is 9.47 Å². The van der Waals surface area contributed by atoms with E-state index in [1.165, 1.54) is 0 Å². The smallest absolute Gasteiger partial charge is 0.321 e. The van der Waals surface area contributed by atoms with Gasteiger partial charge in [0.25, 0.3) is 0 Å². The third kappa shape index (κ3) is 5.40. The minimum atomic E-state index is -0.220. The average molecular weight is 397 g/mol. The number of urea groups is 1. The zero-order valence-corrected chi connectivity index (χ0v) is 16.8. The van der Waals surface area contributed by atoms with Crippen molar-refractivity contribution in [1.82, 2.24) is 10.2 Å². The zero-order valence-electron chi connectivity index (χ0n) is 16.8. The van der Waals surface area contributed by atoms with Crippen molar-refractivity contribution in [3.05, 3.63) is 54.1 Å². The van der Waals surface area contributed by atoms with Crippen molar-refractivity contribution < 1.29 is 19.1 Å². The molecule has 1 aliphatic rings. The van der Waals surface area contributed by atoms with Crippen molar-refractivity contribution in [2.75, 3.05) is 32.6 Å². The molecule has 0 aliphatic carbocycles. The monoisotopic (exact) mass is 397 g/mol. The van der Waals surface area contributed by atoms with Gasteiger partial charge in [-0.2, -0.15) is 0 Å². The molecule has 154 valence electrons. The summed E-state index contributed by atoms with van der Waals surface area (Å²) in [5.41, 5.74) is 1.62. The fraction of sp³-hybridized carbons (Fsp3) is 0.364. The normalized spacial score (nSPS) is 16.1. The van der Waals surface area contributed by atoms with Crippen molar-refractivity contribution in [2.45, 2.75) is 19.4 Å². The number of piperidine rings is 1. The second kappa shape index (κ2) is 9.82. The molecule has 0 bridgehead atoms. The fourth-order valence-electron chi connectivity index (χ4n) is 3.39. The van der Waals surface area contributed by atoms with E-state index in [-0.39, 0.29) is 17.9 Å². The first-order valence-electron chi connectivity index (χ1n) is 9.70. The number of carbonyl (C=O) groups excluding carboxylic acids is 2. The van der Waals surface area contributed by atoms with Crippen LogP contribution in [0.2, 0.25) is 0 Å². The van der Waals surface area contributed by atoms with Crippen LogP contribution in [0.15, 0.2) is 48.5 Å². The molecular weight excluding hydrogens is 370 g/mol. The fourth-order valence-corrected chi connectivity index (χ4v) is 3.39. The lowest BCUT2D eigenvalue weighted by Crippen LogP contribution is -2.46. The Kier molecular flexibility index (Phi) is 6.94. The average Bonchev–Trinajstić information content (AvgIpc) is 2.78. The van der Waals surface area contributed by atoms with Crippen LogP contribution in [0.1, 0.15) is 18.4 Å². The second-order valence-electron chi connectivity index (χ2n) is 6.98. The van der Waals surface area contributed by atoms with Gasteiger partial charge in [0, 0.05) is 19.6 Å². The predicted octanol–water partition coefficient (Wildman–Crippen LogP) is 3.26. The number of likely N-dealkylation sites (tertiary alicyclic amines) is 1. The Bertz CT molecular complexity index is 838. The lowest BCUT2D eigenvalue weighted by atomic mass is 9.97. The number of nitrogens with one attached hydrogen (secondary N) is 2. The second-order valence-corrected chi connectivity index (χ2v) is 6.98. The summed E-state index contributed by atoms with van der Waals surface area (Å²) in [5, 5.41) is 5.85. The Morgan fingerprint density at radius 1 is 1.07 bits per heavy atom. The van der Waals surface area contributed by atoms with Crippen LogP contribution in [0.4, 0.5) is 10.5 Å². The molecule has 7 nitrogen and oxygen atoms in total. The minimum Gasteiger partial charge on any atom is -0.497 e. The minimum absolute atomic E-state index is 0.0318. The van der Waals surface area contributed by atoms with Crippen LogP contribution in [0.3, 0.4) is 0 Å². The number of amides is 3. The van der Waals surface area contributed by atoms with E-state index in [2.05, 4.69) is 10.6 Å². The van der Waals surface area contributed by atoms with Crippen LogP contribution in [-0.2, 0) is 11.3 Å². The first kappa shape index (κ1) is 20.5. The molecule has 2 aromatic rings. The molecular formula is C22H27N3O4. The molecule has 0 unspecified atom stereocenters. The number of anilines is 1. The summed E-state index contributed by atoms with van der Waals surface area (Å²) in [4.78, 5) is 27.0. The van der Waals surface area contributed by atoms with Gasteiger partial charge in [0.05, 0.1) is 25.8 Å². The molecule has 0 saturated carbocycles. The number of carbonyl (C=O) groups is 2. The molecule has 0 aromatic heterocycles. The van der Waals surface area contributed by atoms with Gasteiger partial charge in [0.15, 0.2) is 0 Å². The van der Waals surface area contributed by atoms with E-state index in [9.17, 15) is 9.59 Å². The summed E-state index contributed by atoms with van der Waals surface area (Å²) < 4.78 is 10.4. The SMILES string of the molecule is COc1ccc(CNC(=O)[C@@H]2CCCN(C(=O)Nc3ccccc3OC)C2)cc1. The summed E-state index contributed by atoms with van der Waals surface area (Å²) in [6.07, 6.45) is 1.56. The summed E-state index contributed by atoms with van der Waals surface area (Å²) in [5.74, 6) is 1.14. The Hall–Kier alpha value is -3.22. The summed E-state index contributed by atoms with van der Waals surface area (Å²) in [6, 6.07) is 14.6. The Morgan fingerprint density at radius 2 is 1.83 bits per heavy atom. The number of hydrogen-bond acceptors (Lipinski definition) is 4. The van der Waals surface area contributed by atoms with Gasteiger partial charge in [-0.15, -0.1) is 0 Å². The molecule has 1 atom stereocenters. The number of rotatable bonds is 6. The van der Waals surface area contributed by atoms with E-state index in [1.54, 1.807) is 31.3 Å². The molecule has 7 heteroatoms. The Balaban J connectivity index is 1.53. The molecule has 0 spiro atoms. The molecule has 1 fully saturated rings. The maximum absolute atomic E-state index is 12.7. The molecule has 3 rings (SSSR count). The van der Waals surface area contributed by atoms with Crippen LogP contribution in [-0.4, -0.2) is 44.1 Å². The van der Waals surface area contributed by atoms with Gasteiger partial charge in [-0.05, 0) is 42.7 Å². The lowest BCUT2D eigenvalue weighted by molar-refractivity contribution is -0.126. The lowest BCUT2D eigenvalue weighted by Gasteiger charge is -2.32. The quantitative estimate of drug-likeness (QED) is 0.784. The standard InChI is InChI=1S/C22H27N3O4/c1-28-18-11-9-16(10-12-18)14-23-21(26)17-6-5-13-25(15-17)22(27)24-19-7-3-4-8-20(19)29-2/h3-4,7-12,17H,5-6,13-15H2,1-2H3,(H,23,26)(H,24,27)/t17-/m1/s1. The zero-order chi connectivity index (χ0) is 20.6. The van der Waals surface area contributed by atoms with E-state index in [0.717, 1.165) is 24.2 Å². The van der Waals surface area contributed by atoms with Crippen molar-refractivity contribution in [3.63, 3.8) is 0 Å². The number of para-hydroxylation sites is 2. The van der Waals surface area contributed by atoms with Gasteiger partial charge in [-0.1, -0.05) is 24.3 Å². The maximum atomic E-state index is 12.7. The first-order valence-corrected chi connectivity index (χ1v) is 9.70. The number of hydrogen-bond donors (Lipinski definition) is 2. The number of benzene rings is 2. The van der Waals surface area contributed by atoms with E-state index in [0.29, 0.717) is 31.1 Å². The van der Waals surface area contributed by atoms with Crippen LogP contribution in [0.25, 0.3) is 0 Å². The number of ether oxygens (including phenoxy) is 2. The molecule has 1 saturated heterocycles. The van der Waals surface area contributed by atoms with Gasteiger partial charge in [-0.3, -0.25) is 4.79 Å². The third-order valence-corrected chi connectivity index (χ3v) is 5.05. The number of nitrogens with zero attached hydrogens (tertiary/aromatic N) is 1. The molecule has 1 aliphatic heterocycles. The van der Waals surface area contributed by atoms with Gasteiger partial charge in [-0.25, -0.2) is 4.79 Å². The molecule has 1 heterocycles. The van der Waals surface area contributed by atoms with Crippen LogP contribution in [0.5, 0.6) is 11.5 Å². The van der Waals surface area contributed by atoms with Crippen molar-refractivity contribution >= 4 is 17.6 Å². The highest BCUT2D eigenvalue weighted by Crippen LogP contribution is 2.24. The summed E-state index contributed by atoms with van der Waals surface area (Å²) >= 11 is 0. The predicted molar refractivity (Wildman–Crippen MR) is 111 cm³/mol. The van der Waals surface area contributed by atoms with Crippen LogP contribution >= 0.6 is 0 Å². The van der Waals surface area contributed by atoms with Gasteiger partial charge >= 0.3 is 6.03 Å².